The van der Waals surface area contributed by atoms with Crippen molar-refractivity contribution in [2.24, 2.45) is 0 Å². The van der Waals surface area contributed by atoms with Crippen LogP contribution in [0.5, 0.6) is 0 Å². The van der Waals surface area contributed by atoms with Crippen molar-refractivity contribution in [2.75, 3.05) is 13.4 Å². The molecule has 0 N–H and O–H groups in total. The second kappa shape index (κ2) is 9.89. The van der Waals surface area contributed by atoms with Gasteiger partial charge in [0.15, 0.2) is 0 Å². The van der Waals surface area contributed by atoms with Crippen molar-refractivity contribution in [2.45, 2.75) is 45.0 Å². The lowest BCUT2D eigenvalue weighted by molar-refractivity contribution is -0.0605. The van der Waals surface area contributed by atoms with Crippen LogP contribution in [-0.4, -0.2) is 35.8 Å². The van der Waals surface area contributed by atoms with Crippen LogP contribution >= 0.6 is 11.6 Å². The Kier molecular flexibility index (Phi) is 7.11. The molecular weight excluding hydrogens is 473 g/mol. The zero-order chi connectivity index (χ0) is 24.5. The quantitative estimate of drug-likeness (QED) is 0.135. The van der Waals surface area contributed by atoms with Crippen LogP contribution in [0.2, 0.25) is 25.7 Å². The second-order valence-corrected chi connectivity index (χ2v) is 15.6. The SMILES string of the molecule is Cc1cc2c(ncc3c2c(CCl)cn3Cc2ccc(F)cc2)c(=O)n1OCOCC[Si](C)(C)C. The van der Waals surface area contributed by atoms with Gasteiger partial charge in [0.2, 0.25) is 6.79 Å². The van der Waals surface area contributed by atoms with Gasteiger partial charge in [0.25, 0.3) is 0 Å². The van der Waals surface area contributed by atoms with Crippen molar-refractivity contribution in [3.05, 3.63) is 75.7 Å². The van der Waals surface area contributed by atoms with E-state index in [4.69, 9.17) is 21.2 Å². The fraction of sp³-hybridized carbons (Fsp3) is 0.360. The molecule has 0 saturated carbocycles. The van der Waals surface area contributed by atoms with Crippen molar-refractivity contribution < 1.29 is 14.0 Å². The molecule has 3 heterocycles. The first-order valence-electron chi connectivity index (χ1n) is 11.2. The number of alkyl halides is 1. The molecule has 0 aliphatic rings. The van der Waals surface area contributed by atoms with Gasteiger partial charge in [-0.05, 0) is 42.3 Å². The number of fused-ring (bicyclic) bond motifs is 3. The maximum absolute atomic E-state index is 13.3. The smallest absolute Gasteiger partial charge is 0.309 e. The number of hydrogen-bond acceptors (Lipinski definition) is 4. The summed E-state index contributed by atoms with van der Waals surface area (Å²) in [4.78, 5) is 23.3. The number of benzene rings is 1. The number of halogens is 2. The molecule has 3 aromatic heterocycles. The maximum atomic E-state index is 13.3. The van der Waals surface area contributed by atoms with Crippen LogP contribution in [0, 0.1) is 12.7 Å². The zero-order valence-corrected chi connectivity index (χ0v) is 21.7. The van der Waals surface area contributed by atoms with E-state index >= 15 is 0 Å². The molecule has 9 heteroatoms. The van der Waals surface area contributed by atoms with E-state index in [0.717, 1.165) is 33.5 Å². The number of pyridine rings is 2. The Morgan fingerprint density at radius 2 is 1.91 bits per heavy atom. The average molecular weight is 502 g/mol. The first-order valence-corrected chi connectivity index (χ1v) is 15.5. The molecule has 180 valence electrons. The van der Waals surface area contributed by atoms with Crippen LogP contribution < -0.4 is 10.4 Å². The summed E-state index contributed by atoms with van der Waals surface area (Å²) in [5, 5.41) is 1.62. The third-order valence-electron chi connectivity index (χ3n) is 5.77. The molecule has 0 aliphatic heterocycles. The van der Waals surface area contributed by atoms with E-state index in [1.54, 1.807) is 18.3 Å². The summed E-state index contributed by atoms with van der Waals surface area (Å²) in [6, 6.07) is 9.31. The first-order chi connectivity index (χ1) is 16.2. The summed E-state index contributed by atoms with van der Waals surface area (Å²) in [7, 11) is -1.19. The largest absolute Gasteiger partial charge is 0.382 e. The zero-order valence-electron chi connectivity index (χ0n) is 19.9. The van der Waals surface area contributed by atoms with Gasteiger partial charge in [-0.25, -0.2) is 9.37 Å². The monoisotopic (exact) mass is 501 g/mol. The third-order valence-corrected chi connectivity index (χ3v) is 7.76. The van der Waals surface area contributed by atoms with Crippen LogP contribution in [0.4, 0.5) is 4.39 Å². The highest BCUT2D eigenvalue weighted by atomic mass is 35.5. The highest BCUT2D eigenvalue weighted by Crippen LogP contribution is 2.29. The van der Waals surface area contributed by atoms with Gasteiger partial charge in [0.05, 0.1) is 17.4 Å². The molecule has 4 aromatic rings. The minimum absolute atomic E-state index is 0.0000451. The van der Waals surface area contributed by atoms with E-state index in [1.165, 1.54) is 16.9 Å². The second-order valence-electron chi connectivity index (χ2n) is 9.67. The molecular formula is C25H29ClFN3O3Si. The molecule has 0 atom stereocenters. The number of aryl methyl sites for hydroxylation is 1. The Labute approximate surface area is 203 Å². The van der Waals surface area contributed by atoms with Crippen LogP contribution in [0.15, 0.2) is 47.5 Å². The fourth-order valence-corrected chi connectivity index (χ4v) is 4.89. The lowest BCUT2D eigenvalue weighted by Gasteiger charge is -2.16. The minimum atomic E-state index is -1.19. The normalized spacial score (nSPS) is 12.1. The number of ether oxygens (including phenoxy) is 1. The predicted molar refractivity (Wildman–Crippen MR) is 137 cm³/mol. The van der Waals surface area contributed by atoms with Crippen LogP contribution in [0.3, 0.4) is 0 Å². The molecule has 6 nitrogen and oxygen atoms in total. The van der Waals surface area contributed by atoms with Gasteiger partial charge in [0, 0.05) is 44.1 Å². The summed E-state index contributed by atoms with van der Waals surface area (Å²) in [5.41, 5.74) is 3.34. The summed E-state index contributed by atoms with van der Waals surface area (Å²) in [6.45, 7) is 9.81. The molecule has 1 aromatic carbocycles. The number of hydrogen-bond donors (Lipinski definition) is 0. The molecule has 0 unspecified atom stereocenters. The van der Waals surface area contributed by atoms with Crippen LogP contribution in [0.1, 0.15) is 16.8 Å². The fourth-order valence-electron chi connectivity index (χ4n) is 3.93. The molecule has 0 bridgehead atoms. The van der Waals surface area contributed by atoms with Crippen molar-refractivity contribution in [1.29, 1.82) is 0 Å². The van der Waals surface area contributed by atoms with Gasteiger partial charge in [-0.2, -0.15) is 0 Å². The summed E-state index contributed by atoms with van der Waals surface area (Å²) in [5.74, 6) is 0.0147. The highest BCUT2D eigenvalue weighted by Gasteiger charge is 2.17. The Morgan fingerprint density at radius 1 is 1.18 bits per heavy atom. The molecule has 0 amide bonds. The van der Waals surface area contributed by atoms with E-state index in [2.05, 4.69) is 24.6 Å². The maximum Gasteiger partial charge on any atom is 0.309 e. The van der Waals surface area contributed by atoms with E-state index in [1.807, 2.05) is 23.8 Å². The van der Waals surface area contributed by atoms with Crippen LogP contribution in [0.25, 0.3) is 21.8 Å². The summed E-state index contributed by atoms with van der Waals surface area (Å²) >= 11 is 6.28. The first kappa shape index (κ1) is 24.4. The molecule has 0 radical (unpaired) electrons. The van der Waals surface area contributed by atoms with Crippen molar-refractivity contribution >= 4 is 41.5 Å². The third kappa shape index (κ3) is 5.19. The van der Waals surface area contributed by atoms with Gasteiger partial charge < -0.3 is 14.1 Å². The van der Waals surface area contributed by atoms with Crippen LogP contribution in [-0.2, 0) is 17.2 Å². The Bertz CT molecular complexity index is 1380. The lowest BCUT2D eigenvalue weighted by atomic mass is 10.1. The molecule has 0 saturated heterocycles. The van der Waals surface area contributed by atoms with E-state index in [0.29, 0.717) is 24.4 Å². The van der Waals surface area contributed by atoms with E-state index < -0.39 is 8.07 Å². The molecule has 4 rings (SSSR count). The number of aromatic nitrogens is 3. The molecule has 0 spiro atoms. The van der Waals surface area contributed by atoms with Gasteiger partial charge in [-0.15, -0.1) is 16.3 Å². The van der Waals surface area contributed by atoms with Crippen molar-refractivity contribution in [3.63, 3.8) is 0 Å². The van der Waals surface area contributed by atoms with E-state index in [-0.39, 0.29) is 24.0 Å². The number of rotatable bonds is 9. The molecule has 34 heavy (non-hydrogen) atoms. The topological polar surface area (TPSA) is 58.3 Å². The van der Waals surface area contributed by atoms with Crippen molar-refractivity contribution in [3.8, 4) is 0 Å². The molecule has 0 fully saturated rings. The Balaban J connectivity index is 1.67. The Hall–Kier alpha value is -2.68. The lowest BCUT2D eigenvalue weighted by Crippen LogP contribution is -2.31. The van der Waals surface area contributed by atoms with Gasteiger partial charge in [-0.3, -0.25) is 4.79 Å². The standard InChI is InChI=1S/C25H29ClFN3O3Si/c1-17-11-21-23-19(12-26)15-29(14-18-5-7-20(27)8-6-18)22(23)13-28-24(21)25(31)30(17)33-16-32-9-10-34(2,3)4/h5-8,11,13,15H,9-10,12,14,16H2,1-4H3. The van der Waals surface area contributed by atoms with Gasteiger partial charge >= 0.3 is 5.56 Å². The van der Waals surface area contributed by atoms with E-state index in [9.17, 15) is 9.18 Å². The average Bonchev–Trinajstić information content (AvgIpc) is 3.14. The number of nitrogens with zero attached hydrogens (tertiary/aromatic N) is 3. The van der Waals surface area contributed by atoms with Gasteiger partial charge in [-0.1, -0.05) is 31.8 Å². The summed E-state index contributed by atoms with van der Waals surface area (Å²) in [6.07, 6.45) is 3.65. The van der Waals surface area contributed by atoms with Gasteiger partial charge in [0.1, 0.15) is 11.3 Å². The molecule has 0 aliphatic carbocycles. The predicted octanol–water partition coefficient (Wildman–Crippen LogP) is 5.33. The summed E-state index contributed by atoms with van der Waals surface area (Å²) < 4.78 is 22.2. The Morgan fingerprint density at radius 3 is 2.59 bits per heavy atom. The highest BCUT2D eigenvalue weighted by molar-refractivity contribution is 6.76. The minimum Gasteiger partial charge on any atom is -0.382 e. The van der Waals surface area contributed by atoms with Crippen molar-refractivity contribution in [1.82, 2.24) is 14.3 Å².